The van der Waals surface area contributed by atoms with Gasteiger partial charge in [-0.3, -0.25) is 4.99 Å². The molecule has 0 radical (unpaired) electrons. The molecule has 1 atom stereocenters. The monoisotopic (exact) mass is 344 g/mol. The van der Waals surface area contributed by atoms with E-state index in [0.717, 1.165) is 50.7 Å². The van der Waals surface area contributed by atoms with Crippen LogP contribution in [0.25, 0.3) is 0 Å². The van der Waals surface area contributed by atoms with Crippen molar-refractivity contribution in [3.63, 3.8) is 0 Å². The highest BCUT2D eigenvalue weighted by Gasteiger charge is 2.24. The normalized spacial score (nSPS) is 23.0. The summed E-state index contributed by atoms with van der Waals surface area (Å²) >= 11 is 0. The number of hydrogen-bond donors (Lipinski definition) is 1. The first-order valence-corrected chi connectivity index (χ1v) is 9.68. The Morgan fingerprint density at radius 1 is 1.16 bits per heavy atom. The highest BCUT2D eigenvalue weighted by Crippen LogP contribution is 2.19. The molecule has 2 saturated heterocycles. The molecule has 3 rings (SSSR count). The summed E-state index contributed by atoms with van der Waals surface area (Å²) in [5.41, 5.74) is 0. The van der Waals surface area contributed by atoms with E-state index in [4.69, 9.17) is 9.73 Å². The molecule has 1 N–H and O–H groups in total. The third-order valence-corrected chi connectivity index (χ3v) is 5.11. The van der Waals surface area contributed by atoms with E-state index in [2.05, 4.69) is 29.1 Å². The molecule has 1 aromatic rings. The third-order valence-electron chi connectivity index (χ3n) is 5.11. The minimum atomic E-state index is 0.310. The van der Waals surface area contributed by atoms with E-state index >= 15 is 0 Å². The molecule has 0 amide bonds. The van der Waals surface area contributed by atoms with Gasteiger partial charge in [0.05, 0.1) is 0 Å². The molecule has 138 valence electrons. The second-order valence-corrected chi connectivity index (χ2v) is 7.23. The van der Waals surface area contributed by atoms with Gasteiger partial charge in [0.25, 0.3) is 0 Å². The first kappa shape index (κ1) is 18.1. The average molecular weight is 345 g/mol. The maximum atomic E-state index is 6.10. The fourth-order valence-corrected chi connectivity index (χ4v) is 3.69. The topological polar surface area (TPSA) is 40.1 Å². The molecule has 0 spiro atoms. The maximum absolute atomic E-state index is 6.10. The standard InChI is InChI=1S/C20H32N4O/c1-3-21-20(22-15-17-9-12-23(2)16-17)24-13-10-19(11-14-24)25-18-7-5-4-6-8-18/h4-8,17,19H,3,9-16H2,1-2H3,(H,21,22). The van der Waals surface area contributed by atoms with Crippen molar-refractivity contribution in [2.24, 2.45) is 10.9 Å². The molecule has 25 heavy (non-hydrogen) atoms. The number of guanidine groups is 1. The van der Waals surface area contributed by atoms with Crippen LogP contribution in [0.2, 0.25) is 0 Å². The van der Waals surface area contributed by atoms with Gasteiger partial charge in [-0.15, -0.1) is 0 Å². The Labute approximate surface area is 152 Å². The van der Waals surface area contributed by atoms with Crippen LogP contribution in [0.5, 0.6) is 5.75 Å². The fraction of sp³-hybridized carbons (Fsp3) is 0.650. The lowest BCUT2D eigenvalue weighted by Crippen LogP contribution is -2.47. The first-order chi connectivity index (χ1) is 12.2. The minimum Gasteiger partial charge on any atom is -0.490 e. The number of rotatable bonds is 5. The van der Waals surface area contributed by atoms with Crippen molar-refractivity contribution in [1.82, 2.24) is 15.1 Å². The van der Waals surface area contributed by atoms with Gasteiger partial charge < -0.3 is 19.9 Å². The van der Waals surface area contributed by atoms with Crippen molar-refractivity contribution in [3.8, 4) is 5.75 Å². The second-order valence-electron chi connectivity index (χ2n) is 7.23. The number of nitrogens with one attached hydrogen (secondary N) is 1. The highest BCUT2D eigenvalue weighted by molar-refractivity contribution is 5.80. The molecule has 5 nitrogen and oxygen atoms in total. The minimum absolute atomic E-state index is 0.310. The van der Waals surface area contributed by atoms with Crippen LogP contribution in [0.1, 0.15) is 26.2 Å². The summed E-state index contributed by atoms with van der Waals surface area (Å²) < 4.78 is 6.10. The molecule has 2 aliphatic rings. The smallest absolute Gasteiger partial charge is 0.193 e. The van der Waals surface area contributed by atoms with Gasteiger partial charge in [-0.1, -0.05) is 18.2 Å². The lowest BCUT2D eigenvalue weighted by atomic mass is 10.1. The summed E-state index contributed by atoms with van der Waals surface area (Å²) in [6.07, 6.45) is 3.67. The number of nitrogens with zero attached hydrogens (tertiary/aromatic N) is 3. The van der Waals surface area contributed by atoms with Crippen LogP contribution >= 0.6 is 0 Å². The number of hydrogen-bond acceptors (Lipinski definition) is 3. The van der Waals surface area contributed by atoms with Gasteiger partial charge in [0, 0.05) is 45.6 Å². The van der Waals surface area contributed by atoms with Crippen molar-refractivity contribution in [2.45, 2.75) is 32.3 Å². The van der Waals surface area contributed by atoms with Crippen LogP contribution < -0.4 is 10.1 Å². The predicted molar refractivity (Wildman–Crippen MR) is 103 cm³/mol. The van der Waals surface area contributed by atoms with Crippen LogP contribution in [-0.2, 0) is 0 Å². The highest BCUT2D eigenvalue weighted by atomic mass is 16.5. The summed E-state index contributed by atoms with van der Waals surface area (Å²) in [6, 6.07) is 10.2. The molecule has 5 heteroatoms. The first-order valence-electron chi connectivity index (χ1n) is 9.68. The molecule has 0 aliphatic carbocycles. The summed E-state index contributed by atoms with van der Waals surface area (Å²) in [5.74, 6) is 2.76. The number of piperidine rings is 1. The number of likely N-dealkylation sites (tertiary alicyclic amines) is 2. The molecule has 0 bridgehead atoms. The van der Waals surface area contributed by atoms with E-state index in [0.29, 0.717) is 12.0 Å². The van der Waals surface area contributed by atoms with Crippen LogP contribution in [-0.4, -0.2) is 68.2 Å². The van der Waals surface area contributed by atoms with Gasteiger partial charge in [0.1, 0.15) is 11.9 Å². The number of ether oxygens (including phenoxy) is 1. The van der Waals surface area contributed by atoms with Gasteiger partial charge in [-0.2, -0.15) is 0 Å². The Bertz CT molecular complexity index is 540. The molecule has 0 saturated carbocycles. The predicted octanol–water partition coefficient (Wildman–Crippen LogP) is 2.45. The summed E-state index contributed by atoms with van der Waals surface area (Å²) in [6.45, 7) is 8.40. The lowest BCUT2D eigenvalue weighted by Gasteiger charge is -2.34. The Kier molecular flexibility index (Phi) is 6.56. The molecule has 1 unspecified atom stereocenters. The second kappa shape index (κ2) is 9.09. The van der Waals surface area contributed by atoms with E-state index < -0.39 is 0 Å². The van der Waals surface area contributed by atoms with Crippen molar-refractivity contribution >= 4 is 5.96 Å². The summed E-state index contributed by atoms with van der Waals surface area (Å²) in [7, 11) is 2.20. The van der Waals surface area contributed by atoms with Crippen molar-refractivity contribution in [2.75, 3.05) is 46.3 Å². The zero-order valence-corrected chi connectivity index (χ0v) is 15.7. The van der Waals surface area contributed by atoms with E-state index in [-0.39, 0.29) is 0 Å². The molecular formula is C20H32N4O. The zero-order valence-electron chi connectivity index (χ0n) is 15.7. The van der Waals surface area contributed by atoms with Crippen LogP contribution in [0.4, 0.5) is 0 Å². The lowest BCUT2D eigenvalue weighted by molar-refractivity contribution is 0.129. The van der Waals surface area contributed by atoms with E-state index in [1.807, 2.05) is 30.3 Å². The van der Waals surface area contributed by atoms with Gasteiger partial charge in [-0.25, -0.2) is 0 Å². The quantitative estimate of drug-likeness (QED) is 0.658. The Hall–Kier alpha value is -1.75. The summed E-state index contributed by atoms with van der Waals surface area (Å²) in [5, 5.41) is 3.47. The number of benzene rings is 1. The Morgan fingerprint density at radius 3 is 2.56 bits per heavy atom. The molecule has 2 heterocycles. The molecule has 1 aromatic carbocycles. The van der Waals surface area contributed by atoms with Crippen LogP contribution in [0.15, 0.2) is 35.3 Å². The molecule has 2 fully saturated rings. The Morgan fingerprint density at radius 2 is 1.92 bits per heavy atom. The SMILES string of the molecule is CCNC(=NCC1CCN(C)C1)N1CCC(Oc2ccccc2)CC1. The van der Waals surface area contributed by atoms with Crippen LogP contribution in [0.3, 0.4) is 0 Å². The zero-order chi connectivity index (χ0) is 17.5. The molecular weight excluding hydrogens is 312 g/mol. The van der Waals surface area contributed by atoms with E-state index in [9.17, 15) is 0 Å². The van der Waals surface area contributed by atoms with Crippen LogP contribution in [0, 0.1) is 5.92 Å². The number of para-hydroxylation sites is 1. The largest absolute Gasteiger partial charge is 0.490 e. The van der Waals surface area contributed by atoms with Gasteiger partial charge in [0.15, 0.2) is 5.96 Å². The number of aliphatic imine (C=N–C) groups is 1. The third kappa shape index (κ3) is 5.36. The fourth-order valence-electron chi connectivity index (χ4n) is 3.69. The summed E-state index contributed by atoms with van der Waals surface area (Å²) in [4.78, 5) is 9.72. The maximum Gasteiger partial charge on any atom is 0.193 e. The van der Waals surface area contributed by atoms with Crippen molar-refractivity contribution in [1.29, 1.82) is 0 Å². The van der Waals surface area contributed by atoms with Gasteiger partial charge >= 0.3 is 0 Å². The molecule has 0 aromatic heterocycles. The van der Waals surface area contributed by atoms with Crippen molar-refractivity contribution < 1.29 is 4.74 Å². The Balaban J connectivity index is 1.49. The molecule has 2 aliphatic heterocycles. The van der Waals surface area contributed by atoms with Gasteiger partial charge in [0.2, 0.25) is 0 Å². The van der Waals surface area contributed by atoms with E-state index in [1.165, 1.54) is 19.5 Å². The van der Waals surface area contributed by atoms with Crippen molar-refractivity contribution in [3.05, 3.63) is 30.3 Å². The van der Waals surface area contributed by atoms with E-state index in [1.54, 1.807) is 0 Å². The van der Waals surface area contributed by atoms with Gasteiger partial charge in [-0.05, 0) is 45.0 Å². The average Bonchev–Trinajstić information content (AvgIpc) is 3.06.